The van der Waals surface area contributed by atoms with Gasteiger partial charge in [-0.05, 0) is 47.0 Å². The Labute approximate surface area is 103 Å². The fourth-order valence-electron chi connectivity index (χ4n) is 2.04. The molecule has 84 valence electrons. The molecule has 2 rings (SSSR count). The summed E-state index contributed by atoms with van der Waals surface area (Å²) < 4.78 is 0.869. The quantitative estimate of drug-likeness (QED) is 0.742. The highest BCUT2D eigenvalue weighted by atomic mass is 79.9. The number of hydrogen-bond donors (Lipinski definition) is 0. The lowest BCUT2D eigenvalue weighted by Crippen LogP contribution is -2.28. The number of amides is 1. The number of carbonyl (C=O) groups excluding carboxylic acids is 2. The number of Topliss-reactive ketones (excluding diaryl/α,β-unsaturated/α-hetero) is 1. The number of aryl methyl sites for hydroxylation is 2. The first-order valence-corrected chi connectivity index (χ1v) is 5.91. The third-order valence-electron chi connectivity index (χ3n) is 2.71. The van der Waals surface area contributed by atoms with Crippen LogP contribution in [0.25, 0.3) is 0 Å². The summed E-state index contributed by atoms with van der Waals surface area (Å²) in [6, 6.07) is 3.97. The van der Waals surface area contributed by atoms with Crippen LogP contribution >= 0.6 is 15.9 Å². The second-order valence-corrected chi connectivity index (χ2v) is 4.90. The van der Waals surface area contributed by atoms with E-state index < -0.39 is 5.91 Å². The van der Waals surface area contributed by atoms with Gasteiger partial charge in [-0.3, -0.25) is 9.59 Å². The lowest BCUT2D eigenvalue weighted by atomic mass is 10.1. The summed E-state index contributed by atoms with van der Waals surface area (Å²) >= 11 is 3.45. The van der Waals surface area contributed by atoms with Gasteiger partial charge in [0.1, 0.15) is 0 Å². The minimum absolute atomic E-state index is 0.299. The maximum absolute atomic E-state index is 11.7. The molecule has 16 heavy (non-hydrogen) atoms. The predicted octanol–water partition coefficient (Wildman–Crippen LogP) is 2.37. The van der Waals surface area contributed by atoms with Crippen LogP contribution < -0.4 is 4.90 Å². The van der Waals surface area contributed by atoms with Crippen LogP contribution in [0.1, 0.15) is 17.5 Å². The summed E-state index contributed by atoms with van der Waals surface area (Å²) in [4.78, 5) is 24.4. The van der Waals surface area contributed by atoms with Gasteiger partial charge in [0.15, 0.2) is 0 Å². The fraction of sp³-hybridized carbons (Fsp3) is 0.333. The molecule has 1 saturated heterocycles. The first-order valence-electron chi connectivity index (χ1n) is 5.12. The Bertz CT molecular complexity index is 459. The van der Waals surface area contributed by atoms with Crippen molar-refractivity contribution in [3.63, 3.8) is 0 Å². The fourth-order valence-corrected chi connectivity index (χ4v) is 2.92. The highest BCUT2D eigenvalue weighted by molar-refractivity contribution is 9.10. The molecule has 0 spiro atoms. The van der Waals surface area contributed by atoms with Gasteiger partial charge >= 0.3 is 0 Å². The molecule has 1 aliphatic rings. The van der Waals surface area contributed by atoms with Crippen LogP contribution in [0.5, 0.6) is 0 Å². The Balaban J connectivity index is 2.49. The molecule has 1 aromatic rings. The Morgan fingerprint density at radius 1 is 1.25 bits per heavy atom. The Kier molecular flexibility index (Phi) is 2.84. The summed E-state index contributed by atoms with van der Waals surface area (Å²) in [5.41, 5.74) is 2.96. The highest BCUT2D eigenvalue weighted by Crippen LogP contribution is 2.33. The molecule has 0 unspecified atom stereocenters. The van der Waals surface area contributed by atoms with E-state index in [1.54, 1.807) is 4.90 Å². The van der Waals surface area contributed by atoms with Gasteiger partial charge in [0.2, 0.25) is 5.78 Å². The normalized spacial score (nSPS) is 16.1. The van der Waals surface area contributed by atoms with E-state index in [2.05, 4.69) is 15.9 Å². The van der Waals surface area contributed by atoms with Crippen molar-refractivity contribution >= 4 is 33.3 Å². The number of ketones is 1. The number of carbonyl (C=O) groups is 2. The number of nitrogens with zero attached hydrogens (tertiary/aromatic N) is 1. The highest BCUT2D eigenvalue weighted by Gasteiger charge is 2.32. The smallest absolute Gasteiger partial charge is 0.294 e. The third-order valence-corrected chi connectivity index (χ3v) is 3.32. The van der Waals surface area contributed by atoms with Crippen molar-refractivity contribution in [3.05, 3.63) is 27.7 Å². The molecular weight excluding hydrogens is 270 g/mol. The summed E-state index contributed by atoms with van der Waals surface area (Å²) in [6.45, 7) is 4.43. The van der Waals surface area contributed by atoms with Gasteiger partial charge in [-0.1, -0.05) is 6.07 Å². The molecular formula is C12H12BrNO2. The van der Waals surface area contributed by atoms with Gasteiger partial charge in [0, 0.05) is 17.4 Å². The van der Waals surface area contributed by atoms with E-state index in [4.69, 9.17) is 0 Å². The predicted molar refractivity (Wildman–Crippen MR) is 65.6 cm³/mol. The first-order chi connectivity index (χ1) is 7.50. The lowest BCUT2D eigenvalue weighted by Gasteiger charge is -2.19. The minimum atomic E-state index is -0.396. The average molecular weight is 282 g/mol. The molecule has 1 aromatic carbocycles. The molecule has 0 N–H and O–H groups in total. The summed E-state index contributed by atoms with van der Waals surface area (Å²) in [5, 5.41) is 0. The van der Waals surface area contributed by atoms with Crippen molar-refractivity contribution in [2.45, 2.75) is 20.3 Å². The van der Waals surface area contributed by atoms with Crippen LogP contribution in [-0.2, 0) is 9.59 Å². The molecule has 0 bridgehead atoms. The second-order valence-electron chi connectivity index (χ2n) is 4.04. The zero-order valence-corrected chi connectivity index (χ0v) is 10.8. The molecule has 4 heteroatoms. The number of anilines is 1. The Morgan fingerprint density at radius 2 is 1.94 bits per heavy atom. The maximum atomic E-state index is 11.7. The maximum Gasteiger partial charge on any atom is 0.294 e. The van der Waals surface area contributed by atoms with E-state index in [9.17, 15) is 9.59 Å². The topological polar surface area (TPSA) is 37.4 Å². The van der Waals surface area contributed by atoms with Crippen molar-refractivity contribution < 1.29 is 9.59 Å². The second kappa shape index (κ2) is 4.01. The van der Waals surface area contributed by atoms with Gasteiger partial charge in [-0.25, -0.2) is 0 Å². The molecule has 0 atom stereocenters. The molecule has 0 saturated carbocycles. The zero-order chi connectivity index (χ0) is 11.9. The van der Waals surface area contributed by atoms with Crippen molar-refractivity contribution in [3.8, 4) is 0 Å². The monoisotopic (exact) mass is 281 g/mol. The van der Waals surface area contributed by atoms with E-state index in [1.165, 1.54) is 0 Å². The molecule has 1 fully saturated rings. The van der Waals surface area contributed by atoms with Crippen molar-refractivity contribution in [2.24, 2.45) is 0 Å². The van der Waals surface area contributed by atoms with Gasteiger partial charge in [-0.2, -0.15) is 0 Å². The van der Waals surface area contributed by atoms with Gasteiger partial charge in [-0.15, -0.1) is 0 Å². The zero-order valence-electron chi connectivity index (χ0n) is 9.21. The van der Waals surface area contributed by atoms with E-state index in [1.807, 2.05) is 26.0 Å². The van der Waals surface area contributed by atoms with Crippen LogP contribution in [-0.4, -0.2) is 18.2 Å². The number of halogens is 1. The standard InChI is InChI=1S/C12H12BrNO2/c1-7-5-8(2)11(9(13)6-7)14-4-3-10(15)12(14)16/h5-6H,3-4H2,1-2H3. The van der Waals surface area contributed by atoms with E-state index in [-0.39, 0.29) is 5.78 Å². The van der Waals surface area contributed by atoms with Gasteiger partial charge in [0.05, 0.1) is 5.69 Å². The first kappa shape index (κ1) is 11.3. The summed E-state index contributed by atoms with van der Waals surface area (Å²) in [6.07, 6.45) is 0.318. The van der Waals surface area contributed by atoms with Gasteiger partial charge in [0.25, 0.3) is 5.91 Å². The van der Waals surface area contributed by atoms with E-state index >= 15 is 0 Å². The molecule has 1 amide bonds. The molecule has 1 aliphatic heterocycles. The van der Waals surface area contributed by atoms with Crippen molar-refractivity contribution in [1.82, 2.24) is 0 Å². The molecule has 0 aromatic heterocycles. The van der Waals surface area contributed by atoms with Crippen molar-refractivity contribution in [1.29, 1.82) is 0 Å². The summed E-state index contributed by atoms with van der Waals surface area (Å²) in [7, 11) is 0. The van der Waals surface area contributed by atoms with Crippen LogP contribution in [0.2, 0.25) is 0 Å². The van der Waals surface area contributed by atoms with Crippen LogP contribution in [0, 0.1) is 13.8 Å². The van der Waals surface area contributed by atoms with Crippen LogP contribution in [0.15, 0.2) is 16.6 Å². The van der Waals surface area contributed by atoms with Gasteiger partial charge < -0.3 is 4.90 Å². The molecule has 0 radical (unpaired) electrons. The van der Waals surface area contributed by atoms with Crippen molar-refractivity contribution in [2.75, 3.05) is 11.4 Å². The lowest BCUT2D eigenvalue weighted by molar-refractivity contribution is -0.133. The van der Waals surface area contributed by atoms with E-state index in [0.717, 1.165) is 21.3 Å². The average Bonchev–Trinajstić information content (AvgIpc) is 2.48. The SMILES string of the molecule is Cc1cc(C)c(N2CCC(=O)C2=O)c(Br)c1. The Morgan fingerprint density at radius 3 is 2.44 bits per heavy atom. The van der Waals surface area contributed by atoms with E-state index in [0.29, 0.717) is 13.0 Å². The van der Waals surface area contributed by atoms with Crippen LogP contribution in [0.3, 0.4) is 0 Å². The molecule has 3 nitrogen and oxygen atoms in total. The largest absolute Gasteiger partial charge is 0.304 e. The molecule has 0 aliphatic carbocycles. The Hall–Kier alpha value is -1.16. The van der Waals surface area contributed by atoms with Crippen LogP contribution in [0.4, 0.5) is 5.69 Å². The summed E-state index contributed by atoms with van der Waals surface area (Å²) in [5.74, 6) is -0.695. The minimum Gasteiger partial charge on any atom is -0.304 e. The number of rotatable bonds is 1. The molecule has 1 heterocycles. The third kappa shape index (κ3) is 1.78. The number of benzene rings is 1. The number of hydrogen-bond acceptors (Lipinski definition) is 2.